The van der Waals surface area contributed by atoms with E-state index in [1.807, 2.05) is 0 Å². The number of ether oxygens (including phenoxy) is 1. The van der Waals surface area contributed by atoms with Gasteiger partial charge in [0.1, 0.15) is 5.82 Å². The molecule has 3 atom stereocenters. The van der Waals surface area contributed by atoms with Crippen LogP contribution in [0.2, 0.25) is 0 Å². The summed E-state index contributed by atoms with van der Waals surface area (Å²) in [4.78, 5) is 4.57. The number of nitrogens with zero attached hydrogens (tertiary/aromatic N) is 2. The van der Waals surface area contributed by atoms with Gasteiger partial charge < -0.3 is 10.1 Å². The van der Waals surface area contributed by atoms with Crippen molar-refractivity contribution in [2.45, 2.75) is 63.7 Å². The summed E-state index contributed by atoms with van der Waals surface area (Å²) >= 11 is 1.46. The molecule has 1 N–H and O–H groups in total. The molecule has 0 aliphatic carbocycles. The molecular weight excluding hydrogens is 234 g/mol. The smallest absolute Gasteiger partial charge is 0.202 e. The highest BCUT2D eigenvalue weighted by Crippen LogP contribution is 2.36. The number of hydrogen-bond donors (Lipinski definition) is 1. The minimum absolute atomic E-state index is 0.0294. The second-order valence-corrected chi connectivity index (χ2v) is 6.79. The number of hydrogen-bond acceptors (Lipinski definition) is 5. The van der Waals surface area contributed by atoms with Crippen LogP contribution in [0.3, 0.4) is 0 Å². The fraction of sp³-hybridized carbons (Fsp3) is 0.833. The minimum Gasteiger partial charge on any atom is -0.373 e. The lowest BCUT2D eigenvalue weighted by Crippen LogP contribution is -2.30. The van der Waals surface area contributed by atoms with Crippen LogP contribution < -0.4 is 5.32 Å². The van der Waals surface area contributed by atoms with E-state index in [9.17, 15) is 0 Å². The number of anilines is 1. The maximum absolute atomic E-state index is 5.83. The Balaban J connectivity index is 1.68. The van der Waals surface area contributed by atoms with E-state index in [0.717, 1.165) is 17.4 Å². The molecule has 2 aliphatic heterocycles. The molecule has 94 valence electrons. The maximum Gasteiger partial charge on any atom is 0.202 e. The molecule has 1 aromatic heterocycles. The van der Waals surface area contributed by atoms with Crippen LogP contribution in [0.5, 0.6) is 0 Å². The van der Waals surface area contributed by atoms with Crippen molar-refractivity contribution < 1.29 is 4.74 Å². The molecule has 0 radical (unpaired) electrons. The zero-order valence-electron chi connectivity index (χ0n) is 10.6. The largest absolute Gasteiger partial charge is 0.373 e. The van der Waals surface area contributed by atoms with Gasteiger partial charge in [-0.25, -0.2) is 4.98 Å². The van der Waals surface area contributed by atoms with Gasteiger partial charge in [0.15, 0.2) is 0 Å². The third-order valence-corrected chi connectivity index (χ3v) is 4.16. The number of fused-ring (bicyclic) bond motifs is 2. The molecule has 3 heterocycles. The molecule has 2 saturated heterocycles. The summed E-state index contributed by atoms with van der Waals surface area (Å²) in [5.41, 5.74) is 0.0294. The first kappa shape index (κ1) is 11.4. The molecule has 17 heavy (non-hydrogen) atoms. The van der Waals surface area contributed by atoms with Crippen molar-refractivity contribution in [1.29, 1.82) is 0 Å². The van der Waals surface area contributed by atoms with E-state index in [2.05, 4.69) is 35.4 Å². The van der Waals surface area contributed by atoms with Crippen LogP contribution in [0, 0.1) is 0 Å². The quantitative estimate of drug-likeness (QED) is 0.880. The van der Waals surface area contributed by atoms with Gasteiger partial charge in [-0.3, -0.25) is 0 Å². The molecule has 0 aromatic carbocycles. The van der Waals surface area contributed by atoms with Gasteiger partial charge in [0, 0.05) is 16.9 Å². The van der Waals surface area contributed by atoms with Crippen molar-refractivity contribution in [1.82, 2.24) is 9.36 Å². The molecule has 1 aromatic rings. The lowest BCUT2D eigenvalue weighted by atomic mass is 9.95. The molecule has 0 amide bonds. The van der Waals surface area contributed by atoms with Crippen LogP contribution in [0.4, 0.5) is 5.13 Å². The molecule has 3 unspecified atom stereocenters. The molecule has 2 bridgehead atoms. The van der Waals surface area contributed by atoms with Crippen molar-refractivity contribution in [3.8, 4) is 0 Å². The highest BCUT2D eigenvalue weighted by Gasteiger charge is 2.41. The van der Waals surface area contributed by atoms with E-state index < -0.39 is 0 Å². The van der Waals surface area contributed by atoms with Gasteiger partial charge in [0.05, 0.1) is 18.2 Å². The Hall–Kier alpha value is -0.680. The Morgan fingerprint density at radius 3 is 2.71 bits per heavy atom. The first-order valence-corrected chi connectivity index (χ1v) is 7.06. The summed E-state index contributed by atoms with van der Waals surface area (Å²) in [6, 6.07) is 0.439. The van der Waals surface area contributed by atoms with Crippen LogP contribution in [-0.4, -0.2) is 27.6 Å². The van der Waals surface area contributed by atoms with Crippen molar-refractivity contribution in [3.05, 3.63) is 5.82 Å². The summed E-state index contributed by atoms with van der Waals surface area (Å²) < 4.78 is 10.2. The molecule has 2 fully saturated rings. The van der Waals surface area contributed by atoms with Gasteiger partial charge in [-0.15, -0.1) is 0 Å². The van der Waals surface area contributed by atoms with Crippen molar-refractivity contribution in [2.24, 2.45) is 0 Å². The number of rotatable bonds is 2. The summed E-state index contributed by atoms with van der Waals surface area (Å²) in [7, 11) is 0. The highest BCUT2D eigenvalue weighted by atomic mass is 32.1. The second kappa shape index (κ2) is 3.92. The Morgan fingerprint density at radius 1 is 1.35 bits per heavy atom. The number of aromatic nitrogens is 2. The first-order chi connectivity index (χ1) is 8.02. The normalized spacial score (nSPS) is 32.1. The Bertz CT molecular complexity index is 412. The van der Waals surface area contributed by atoms with Crippen LogP contribution in [0.15, 0.2) is 0 Å². The van der Waals surface area contributed by atoms with Crippen LogP contribution in [0.1, 0.15) is 45.9 Å². The molecular formula is C12H19N3OS. The fourth-order valence-corrected chi connectivity index (χ4v) is 3.35. The monoisotopic (exact) mass is 253 g/mol. The lowest BCUT2D eigenvalue weighted by Gasteiger charge is -2.19. The van der Waals surface area contributed by atoms with E-state index in [4.69, 9.17) is 4.74 Å². The average molecular weight is 253 g/mol. The van der Waals surface area contributed by atoms with Crippen molar-refractivity contribution in [2.75, 3.05) is 5.32 Å². The maximum atomic E-state index is 5.83. The molecule has 3 rings (SSSR count). The molecule has 4 nitrogen and oxygen atoms in total. The summed E-state index contributed by atoms with van der Waals surface area (Å²) in [5.74, 6) is 0.925. The van der Waals surface area contributed by atoms with Gasteiger partial charge in [0.25, 0.3) is 0 Å². The third kappa shape index (κ3) is 2.18. The topological polar surface area (TPSA) is 47.0 Å². The summed E-state index contributed by atoms with van der Waals surface area (Å²) in [5, 5.41) is 4.43. The molecule has 0 spiro atoms. The fourth-order valence-electron chi connectivity index (χ4n) is 2.54. The minimum atomic E-state index is 0.0294. The van der Waals surface area contributed by atoms with Crippen LogP contribution in [-0.2, 0) is 10.2 Å². The predicted octanol–water partition coefficient (Wildman–Crippen LogP) is 2.57. The highest BCUT2D eigenvalue weighted by molar-refractivity contribution is 7.09. The average Bonchev–Trinajstić information content (AvgIpc) is 2.89. The molecule has 0 saturated carbocycles. The lowest BCUT2D eigenvalue weighted by molar-refractivity contribution is 0.102. The van der Waals surface area contributed by atoms with E-state index in [1.165, 1.54) is 24.4 Å². The SMILES string of the molecule is CC(C)(C)c1nsc(NC2CC3CCC2O3)n1. The predicted molar refractivity (Wildman–Crippen MR) is 68.5 cm³/mol. The molecule has 5 heteroatoms. The zero-order chi connectivity index (χ0) is 12.0. The van der Waals surface area contributed by atoms with Crippen molar-refractivity contribution in [3.63, 3.8) is 0 Å². The van der Waals surface area contributed by atoms with Gasteiger partial charge in [0.2, 0.25) is 5.13 Å². The summed E-state index contributed by atoms with van der Waals surface area (Å²) in [6.07, 6.45) is 4.41. The van der Waals surface area contributed by atoms with E-state index in [0.29, 0.717) is 18.2 Å². The van der Waals surface area contributed by atoms with Crippen LogP contribution >= 0.6 is 11.5 Å². The zero-order valence-corrected chi connectivity index (χ0v) is 11.4. The second-order valence-electron chi connectivity index (χ2n) is 6.03. The van der Waals surface area contributed by atoms with Gasteiger partial charge in [-0.1, -0.05) is 20.8 Å². The Labute approximate surface area is 106 Å². The molecule has 2 aliphatic rings. The number of nitrogens with one attached hydrogen (secondary N) is 1. The third-order valence-electron chi connectivity index (χ3n) is 3.51. The van der Waals surface area contributed by atoms with Gasteiger partial charge in [-0.05, 0) is 19.3 Å². The standard InChI is InChI=1S/C12H19N3OS/c1-12(2,3)10-14-11(17-15-10)13-8-6-7-4-5-9(8)16-7/h7-9H,4-6H2,1-3H3,(H,13,14,15). The van der Waals surface area contributed by atoms with Gasteiger partial charge in [-0.2, -0.15) is 4.37 Å². The first-order valence-electron chi connectivity index (χ1n) is 6.28. The Morgan fingerprint density at radius 2 is 2.18 bits per heavy atom. The Kier molecular flexibility index (Phi) is 2.63. The van der Waals surface area contributed by atoms with Gasteiger partial charge >= 0.3 is 0 Å². The van der Waals surface area contributed by atoms with Crippen LogP contribution in [0.25, 0.3) is 0 Å². The van der Waals surface area contributed by atoms with Crippen molar-refractivity contribution >= 4 is 16.7 Å². The van der Waals surface area contributed by atoms with E-state index >= 15 is 0 Å². The summed E-state index contributed by atoms with van der Waals surface area (Å²) in [6.45, 7) is 6.42. The van der Waals surface area contributed by atoms with E-state index in [-0.39, 0.29) is 5.41 Å². The van der Waals surface area contributed by atoms with E-state index in [1.54, 1.807) is 0 Å².